The first-order valence-electron chi connectivity index (χ1n) is 7.50. The summed E-state index contributed by atoms with van der Waals surface area (Å²) >= 11 is 0. The van der Waals surface area contributed by atoms with Crippen LogP contribution in [0.25, 0.3) is 0 Å². The average Bonchev–Trinajstić information content (AvgIpc) is 2.47. The molecule has 7 heteroatoms. The summed E-state index contributed by atoms with van der Waals surface area (Å²) in [4.78, 5) is 11.7. The molecule has 1 atom stereocenters. The molecule has 0 heterocycles. The average molecular weight is 353 g/mol. The first kappa shape index (κ1) is 18.8. The molecule has 0 radical (unpaired) electrons. The number of alkyl halides is 3. The number of ether oxygens (including phenoxy) is 1. The predicted molar refractivity (Wildman–Crippen MR) is 87.6 cm³/mol. The van der Waals surface area contributed by atoms with Crippen molar-refractivity contribution in [2.45, 2.75) is 32.0 Å². The van der Waals surface area contributed by atoms with Crippen LogP contribution in [-0.2, 0) is 4.79 Å². The molecule has 0 aliphatic rings. The Hall–Kier alpha value is -2.54. The van der Waals surface area contributed by atoms with Gasteiger partial charge >= 0.3 is 6.18 Å². The van der Waals surface area contributed by atoms with Crippen molar-refractivity contribution < 1.29 is 27.8 Å². The Morgan fingerprint density at radius 1 is 1.12 bits per heavy atom. The van der Waals surface area contributed by atoms with Gasteiger partial charge in [0.15, 0.2) is 5.60 Å². The lowest BCUT2D eigenvalue weighted by molar-refractivity contribution is -0.252. The van der Waals surface area contributed by atoms with Crippen LogP contribution in [0.4, 0.5) is 18.9 Å². The molecule has 1 amide bonds. The Labute approximate surface area is 143 Å². The number of amides is 1. The Balaban J connectivity index is 1.97. The fourth-order valence-electron chi connectivity index (χ4n) is 2.04. The molecule has 0 fully saturated rings. The second kappa shape index (κ2) is 7.14. The van der Waals surface area contributed by atoms with E-state index in [9.17, 15) is 23.1 Å². The molecule has 2 rings (SSSR count). The number of benzene rings is 2. The van der Waals surface area contributed by atoms with Crippen LogP contribution in [0.3, 0.4) is 0 Å². The zero-order chi connectivity index (χ0) is 18.7. The van der Waals surface area contributed by atoms with Gasteiger partial charge in [0, 0.05) is 5.69 Å². The zero-order valence-electron chi connectivity index (χ0n) is 13.7. The Kier molecular flexibility index (Phi) is 5.37. The molecule has 4 nitrogen and oxygen atoms in total. The van der Waals surface area contributed by atoms with Gasteiger partial charge in [-0.1, -0.05) is 12.1 Å². The molecule has 0 unspecified atom stereocenters. The summed E-state index contributed by atoms with van der Waals surface area (Å²) in [7, 11) is 0. The number of carbonyl (C=O) groups excluding carboxylic acids is 1. The molecule has 25 heavy (non-hydrogen) atoms. The maximum Gasteiger partial charge on any atom is 0.417 e. The molecule has 0 spiro atoms. The topological polar surface area (TPSA) is 58.6 Å². The molecule has 2 N–H and O–H groups in total. The molecule has 0 saturated carbocycles. The third kappa shape index (κ3) is 5.22. The van der Waals surface area contributed by atoms with Gasteiger partial charge in [0.25, 0.3) is 0 Å². The third-order valence-electron chi connectivity index (χ3n) is 3.48. The second-order valence-corrected chi connectivity index (χ2v) is 5.94. The van der Waals surface area contributed by atoms with Gasteiger partial charge in [0.05, 0.1) is 6.42 Å². The summed E-state index contributed by atoms with van der Waals surface area (Å²) in [6.45, 7) is 2.49. The summed E-state index contributed by atoms with van der Waals surface area (Å²) in [5.41, 5.74) is -1.73. The highest BCUT2D eigenvalue weighted by Crippen LogP contribution is 2.33. The van der Waals surface area contributed by atoms with Gasteiger partial charge < -0.3 is 15.2 Å². The minimum absolute atomic E-state index is 0.305. The van der Waals surface area contributed by atoms with Crippen molar-refractivity contribution in [2.24, 2.45) is 0 Å². The molecule has 0 aromatic heterocycles. The lowest BCUT2D eigenvalue weighted by Gasteiger charge is -2.25. The summed E-state index contributed by atoms with van der Waals surface area (Å²) in [6.07, 6.45) is -5.96. The van der Waals surface area contributed by atoms with Gasteiger partial charge in [-0.25, -0.2) is 0 Å². The van der Waals surface area contributed by atoms with Crippen LogP contribution in [-0.4, -0.2) is 22.8 Å². The first-order chi connectivity index (χ1) is 11.6. The predicted octanol–water partition coefficient (Wildman–Crippen LogP) is 4.43. The van der Waals surface area contributed by atoms with Crippen LogP contribution in [0.1, 0.15) is 18.9 Å². The monoisotopic (exact) mass is 353 g/mol. The van der Waals surface area contributed by atoms with Crippen molar-refractivity contribution in [3.8, 4) is 11.5 Å². The molecular formula is C18H18F3NO3. The smallest absolute Gasteiger partial charge is 0.417 e. The summed E-state index contributed by atoms with van der Waals surface area (Å²) < 4.78 is 43.4. The SMILES string of the molecule is Cc1cccc(Oc2ccc(NC(=O)C[C@@](C)(O)C(F)(F)F)cc2)c1. The van der Waals surface area contributed by atoms with Gasteiger partial charge in [0.2, 0.25) is 5.91 Å². The van der Waals surface area contributed by atoms with E-state index in [4.69, 9.17) is 4.74 Å². The molecule has 0 aliphatic carbocycles. The Morgan fingerprint density at radius 3 is 2.32 bits per heavy atom. The van der Waals surface area contributed by atoms with Gasteiger partial charge in [0.1, 0.15) is 11.5 Å². The molecule has 2 aromatic carbocycles. The van der Waals surface area contributed by atoms with E-state index >= 15 is 0 Å². The number of rotatable bonds is 5. The van der Waals surface area contributed by atoms with E-state index in [1.54, 1.807) is 18.2 Å². The quantitative estimate of drug-likeness (QED) is 0.836. The van der Waals surface area contributed by atoms with E-state index in [1.807, 2.05) is 25.1 Å². The van der Waals surface area contributed by atoms with Crippen molar-refractivity contribution in [1.82, 2.24) is 0 Å². The molecule has 0 aliphatic heterocycles. The lowest BCUT2D eigenvalue weighted by Crippen LogP contribution is -2.44. The van der Waals surface area contributed by atoms with Crippen LogP contribution in [0.2, 0.25) is 0 Å². The molecule has 2 aromatic rings. The summed E-state index contributed by atoms with van der Waals surface area (Å²) in [5, 5.41) is 11.6. The van der Waals surface area contributed by atoms with Crippen LogP contribution < -0.4 is 10.1 Å². The number of aryl methyl sites for hydroxylation is 1. The van der Waals surface area contributed by atoms with Crippen molar-refractivity contribution in [1.29, 1.82) is 0 Å². The maximum atomic E-state index is 12.6. The standard InChI is InChI=1S/C18H18F3NO3/c1-12-4-3-5-15(10-12)25-14-8-6-13(7-9-14)22-16(23)11-17(2,24)18(19,20)21/h3-10,24H,11H2,1-2H3,(H,22,23)/t17-/m1/s1. The Bertz CT molecular complexity index is 740. The van der Waals surface area contributed by atoms with Crippen molar-refractivity contribution in [2.75, 3.05) is 5.32 Å². The highest BCUT2D eigenvalue weighted by Gasteiger charge is 2.50. The fourth-order valence-corrected chi connectivity index (χ4v) is 2.04. The number of hydrogen-bond donors (Lipinski definition) is 2. The van der Waals surface area contributed by atoms with Crippen LogP contribution in [0.5, 0.6) is 11.5 Å². The molecule has 0 bridgehead atoms. The number of halogens is 3. The van der Waals surface area contributed by atoms with Crippen LogP contribution in [0.15, 0.2) is 48.5 Å². The minimum atomic E-state index is -4.88. The highest BCUT2D eigenvalue weighted by molar-refractivity contribution is 5.91. The highest BCUT2D eigenvalue weighted by atomic mass is 19.4. The fraction of sp³-hybridized carbons (Fsp3) is 0.278. The number of carbonyl (C=O) groups is 1. The van der Waals surface area contributed by atoms with E-state index in [1.165, 1.54) is 12.1 Å². The Morgan fingerprint density at radius 2 is 1.76 bits per heavy atom. The van der Waals surface area contributed by atoms with Crippen LogP contribution in [0, 0.1) is 6.92 Å². The summed E-state index contributed by atoms with van der Waals surface area (Å²) in [6, 6.07) is 13.6. The van der Waals surface area contributed by atoms with Gasteiger partial charge in [-0.15, -0.1) is 0 Å². The number of hydrogen-bond acceptors (Lipinski definition) is 3. The van der Waals surface area contributed by atoms with E-state index < -0.39 is 24.1 Å². The van der Waals surface area contributed by atoms with Crippen molar-refractivity contribution in [3.63, 3.8) is 0 Å². The van der Waals surface area contributed by atoms with E-state index in [-0.39, 0.29) is 0 Å². The van der Waals surface area contributed by atoms with Gasteiger partial charge in [-0.3, -0.25) is 4.79 Å². The van der Waals surface area contributed by atoms with Crippen LogP contribution >= 0.6 is 0 Å². The first-order valence-corrected chi connectivity index (χ1v) is 7.50. The van der Waals surface area contributed by atoms with E-state index in [0.717, 1.165) is 5.56 Å². The number of nitrogens with one attached hydrogen (secondary N) is 1. The van der Waals surface area contributed by atoms with E-state index in [0.29, 0.717) is 24.1 Å². The largest absolute Gasteiger partial charge is 0.457 e. The number of anilines is 1. The normalized spacial score (nSPS) is 13.8. The number of aliphatic hydroxyl groups is 1. The third-order valence-corrected chi connectivity index (χ3v) is 3.48. The van der Waals surface area contributed by atoms with Crippen molar-refractivity contribution >= 4 is 11.6 Å². The zero-order valence-corrected chi connectivity index (χ0v) is 13.7. The second-order valence-electron chi connectivity index (χ2n) is 5.94. The lowest BCUT2D eigenvalue weighted by atomic mass is 10.0. The maximum absolute atomic E-state index is 12.6. The molecule has 134 valence electrons. The molecule has 0 saturated heterocycles. The summed E-state index contributed by atoms with van der Waals surface area (Å²) in [5.74, 6) is 0.235. The van der Waals surface area contributed by atoms with Gasteiger partial charge in [-0.2, -0.15) is 13.2 Å². The minimum Gasteiger partial charge on any atom is -0.457 e. The molecular weight excluding hydrogens is 335 g/mol. The van der Waals surface area contributed by atoms with Gasteiger partial charge in [-0.05, 0) is 55.8 Å². The van der Waals surface area contributed by atoms with Crippen molar-refractivity contribution in [3.05, 3.63) is 54.1 Å². The van der Waals surface area contributed by atoms with E-state index in [2.05, 4.69) is 5.32 Å².